The molecular formula is C19H14ClN5O2. The zero-order valence-electron chi connectivity index (χ0n) is 14.0. The molecule has 0 unspecified atom stereocenters. The van der Waals surface area contributed by atoms with Crippen molar-refractivity contribution in [2.24, 2.45) is 0 Å². The van der Waals surface area contributed by atoms with Gasteiger partial charge in [-0.25, -0.2) is 0 Å². The number of ketones is 1. The number of fused-ring (bicyclic) bond motifs is 1. The smallest absolute Gasteiger partial charge is 0.244 e. The van der Waals surface area contributed by atoms with Crippen LogP contribution in [0.2, 0.25) is 5.02 Å². The topological polar surface area (TPSA) is 96.7 Å². The molecule has 0 aliphatic rings. The number of aliphatic hydroxyl groups excluding tert-OH is 1. The van der Waals surface area contributed by atoms with Crippen molar-refractivity contribution in [2.75, 3.05) is 0 Å². The molecule has 0 amide bonds. The summed E-state index contributed by atoms with van der Waals surface area (Å²) in [7, 11) is 0. The standard InChI is InChI=1S/C19H14ClN5O2/c20-13-6-7-16-14(8-13)15(11-25(16)10-12-4-2-1-3-5-12)17(26)9-18(27)19-21-23-24-22-19/h1-9,11,26H,10H2,(H,21,22,23,24)/b17-9-. The predicted molar refractivity (Wildman–Crippen MR) is 102 cm³/mol. The van der Waals surface area contributed by atoms with Crippen molar-refractivity contribution in [2.45, 2.75) is 6.54 Å². The monoisotopic (exact) mass is 379 g/mol. The van der Waals surface area contributed by atoms with Gasteiger partial charge in [0.25, 0.3) is 0 Å². The number of nitrogens with zero attached hydrogens (tertiary/aromatic N) is 4. The number of hydrogen-bond acceptors (Lipinski definition) is 5. The summed E-state index contributed by atoms with van der Waals surface area (Å²) < 4.78 is 2.00. The highest BCUT2D eigenvalue weighted by Crippen LogP contribution is 2.29. The molecule has 0 bridgehead atoms. The van der Waals surface area contributed by atoms with Crippen molar-refractivity contribution < 1.29 is 9.90 Å². The Kier molecular flexibility index (Phi) is 4.43. The van der Waals surface area contributed by atoms with Gasteiger partial charge in [-0.3, -0.25) is 4.79 Å². The van der Waals surface area contributed by atoms with Crippen molar-refractivity contribution >= 4 is 34.0 Å². The van der Waals surface area contributed by atoms with Crippen LogP contribution in [0.15, 0.2) is 60.8 Å². The quantitative estimate of drug-likeness (QED) is 0.313. The molecule has 8 heteroatoms. The lowest BCUT2D eigenvalue weighted by Crippen LogP contribution is -1.99. The Morgan fingerprint density at radius 3 is 2.78 bits per heavy atom. The number of aliphatic hydroxyl groups is 1. The summed E-state index contributed by atoms with van der Waals surface area (Å²) in [4.78, 5) is 12.1. The van der Waals surface area contributed by atoms with Gasteiger partial charge in [-0.05, 0) is 29.0 Å². The normalized spacial score (nSPS) is 11.8. The summed E-state index contributed by atoms with van der Waals surface area (Å²) >= 11 is 6.14. The third kappa shape index (κ3) is 3.45. The Morgan fingerprint density at radius 2 is 2.04 bits per heavy atom. The Labute approximate surface area is 158 Å². The van der Waals surface area contributed by atoms with Crippen LogP contribution in [0.25, 0.3) is 16.7 Å². The molecule has 0 fully saturated rings. The average Bonchev–Trinajstić information content (AvgIpc) is 3.31. The van der Waals surface area contributed by atoms with Gasteiger partial charge in [0.15, 0.2) is 0 Å². The minimum absolute atomic E-state index is 0.118. The Morgan fingerprint density at radius 1 is 1.22 bits per heavy atom. The van der Waals surface area contributed by atoms with Crippen LogP contribution in [0.1, 0.15) is 21.7 Å². The van der Waals surface area contributed by atoms with Crippen LogP contribution in [0.3, 0.4) is 0 Å². The van der Waals surface area contributed by atoms with E-state index in [0.29, 0.717) is 17.1 Å². The van der Waals surface area contributed by atoms with Gasteiger partial charge in [0, 0.05) is 40.3 Å². The summed E-state index contributed by atoms with van der Waals surface area (Å²) in [5, 5.41) is 24.6. The third-order valence-electron chi connectivity index (χ3n) is 4.15. The van der Waals surface area contributed by atoms with Crippen LogP contribution in [0.5, 0.6) is 0 Å². The number of tetrazole rings is 1. The lowest BCUT2D eigenvalue weighted by Gasteiger charge is -2.05. The number of benzene rings is 2. The van der Waals surface area contributed by atoms with E-state index in [1.54, 1.807) is 18.3 Å². The highest BCUT2D eigenvalue weighted by molar-refractivity contribution is 6.31. The van der Waals surface area contributed by atoms with Crippen molar-refractivity contribution in [3.8, 4) is 0 Å². The highest BCUT2D eigenvalue weighted by Gasteiger charge is 2.16. The fraction of sp³-hybridized carbons (Fsp3) is 0.0526. The second-order valence-corrected chi connectivity index (χ2v) is 6.38. The van der Waals surface area contributed by atoms with Crippen LogP contribution in [-0.4, -0.2) is 36.1 Å². The van der Waals surface area contributed by atoms with Gasteiger partial charge >= 0.3 is 0 Å². The maximum atomic E-state index is 12.1. The predicted octanol–water partition coefficient (Wildman–Crippen LogP) is 3.64. The zero-order chi connectivity index (χ0) is 18.8. The molecule has 2 aromatic heterocycles. The number of carbonyl (C=O) groups is 1. The van der Waals surface area contributed by atoms with Crippen LogP contribution in [0.4, 0.5) is 0 Å². The van der Waals surface area contributed by atoms with E-state index >= 15 is 0 Å². The lowest BCUT2D eigenvalue weighted by atomic mass is 10.1. The minimum atomic E-state index is -0.549. The van der Waals surface area contributed by atoms with E-state index < -0.39 is 5.78 Å². The molecule has 0 saturated carbocycles. The van der Waals surface area contributed by atoms with Gasteiger partial charge in [-0.15, -0.1) is 10.2 Å². The molecule has 0 aliphatic carbocycles. The van der Waals surface area contributed by atoms with E-state index in [9.17, 15) is 9.90 Å². The number of carbonyl (C=O) groups excluding carboxylic acids is 1. The molecule has 0 atom stereocenters. The van der Waals surface area contributed by atoms with Gasteiger partial charge in [0.1, 0.15) is 5.76 Å². The number of rotatable bonds is 5. The summed E-state index contributed by atoms with van der Waals surface area (Å²) in [6, 6.07) is 15.4. The molecule has 2 N–H and O–H groups in total. The SMILES string of the molecule is O=C(/C=C(\O)c1cn(Cc2ccccc2)c2ccc(Cl)cc12)c1nn[nH]n1. The number of nitrogens with one attached hydrogen (secondary N) is 1. The van der Waals surface area contributed by atoms with Crippen LogP contribution < -0.4 is 0 Å². The van der Waals surface area contributed by atoms with Crippen molar-refractivity contribution in [3.05, 3.63) is 82.8 Å². The van der Waals surface area contributed by atoms with E-state index in [1.807, 2.05) is 41.0 Å². The molecule has 0 saturated heterocycles. The number of halogens is 1. The summed E-state index contributed by atoms with van der Waals surface area (Å²) in [6.07, 6.45) is 2.87. The Hall–Kier alpha value is -3.45. The van der Waals surface area contributed by atoms with Crippen LogP contribution >= 0.6 is 11.6 Å². The number of allylic oxidation sites excluding steroid dienone is 1. The molecule has 7 nitrogen and oxygen atoms in total. The van der Waals surface area contributed by atoms with E-state index in [2.05, 4.69) is 20.6 Å². The van der Waals surface area contributed by atoms with Crippen molar-refractivity contribution in [1.82, 2.24) is 25.2 Å². The second-order valence-electron chi connectivity index (χ2n) is 5.95. The number of H-pyrrole nitrogens is 1. The van der Waals surface area contributed by atoms with Crippen molar-refractivity contribution in [1.29, 1.82) is 0 Å². The summed E-state index contributed by atoms with van der Waals surface area (Å²) in [6.45, 7) is 0.616. The maximum absolute atomic E-state index is 12.1. The fourth-order valence-corrected chi connectivity index (χ4v) is 3.09. The average molecular weight is 380 g/mol. The van der Waals surface area contributed by atoms with Gasteiger partial charge in [0.2, 0.25) is 11.6 Å². The lowest BCUT2D eigenvalue weighted by molar-refractivity contribution is 0.103. The molecular weight excluding hydrogens is 366 g/mol. The molecule has 2 aromatic carbocycles. The Bertz CT molecular complexity index is 1130. The first-order valence-corrected chi connectivity index (χ1v) is 8.51. The minimum Gasteiger partial charge on any atom is -0.507 e. The highest BCUT2D eigenvalue weighted by atomic mass is 35.5. The third-order valence-corrected chi connectivity index (χ3v) is 4.38. The van der Waals surface area contributed by atoms with Crippen molar-refractivity contribution in [3.63, 3.8) is 0 Å². The fourth-order valence-electron chi connectivity index (χ4n) is 2.92. The number of hydrogen-bond donors (Lipinski definition) is 2. The van der Waals surface area contributed by atoms with E-state index in [4.69, 9.17) is 11.6 Å². The molecule has 0 spiro atoms. The molecule has 2 heterocycles. The first kappa shape index (κ1) is 17.0. The summed E-state index contributed by atoms with van der Waals surface area (Å²) in [5.41, 5.74) is 2.51. The zero-order valence-corrected chi connectivity index (χ0v) is 14.8. The maximum Gasteiger partial charge on any atom is 0.244 e. The van der Waals surface area contributed by atoms with Gasteiger partial charge < -0.3 is 9.67 Å². The van der Waals surface area contributed by atoms with E-state index in [-0.39, 0.29) is 11.6 Å². The second kappa shape index (κ2) is 7.05. The van der Waals surface area contributed by atoms with Gasteiger partial charge in [0.05, 0.1) is 0 Å². The van der Waals surface area contributed by atoms with Gasteiger partial charge in [-0.1, -0.05) is 41.9 Å². The first-order valence-electron chi connectivity index (χ1n) is 8.13. The molecule has 0 aliphatic heterocycles. The molecule has 27 heavy (non-hydrogen) atoms. The Balaban J connectivity index is 1.78. The van der Waals surface area contributed by atoms with Gasteiger partial charge in [-0.2, -0.15) is 5.21 Å². The number of aromatic amines is 1. The van der Waals surface area contributed by atoms with E-state index in [1.165, 1.54) is 0 Å². The summed E-state index contributed by atoms with van der Waals surface area (Å²) in [5.74, 6) is -0.858. The van der Waals surface area contributed by atoms with Crippen LogP contribution in [0, 0.1) is 0 Å². The largest absolute Gasteiger partial charge is 0.507 e. The first-order chi connectivity index (χ1) is 13.1. The molecule has 4 aromatic rings. The molecule has 4 rings (SSSR count). The molecule has 134 valence electrons. The van der Waals surface area contributed by atoms with Crippen LogP contribution in [-0.2, 0) is 6.54 Å². The van der Waals surface area contributed by atoms with E-state index in [0.717, 1.165) is 22.5 Å². The number of aromatic nitrogens is 5. The molecule has 0 radical (unpaired) electrons.